The Kier molecular flexibility index (Phi) is 3.96. The Morgan fingerprint density at radius 1 is 0.750 bits per heavy atom. The van der Waals surface area contributed by atoms with Crippen LogP contribution in [0.1, 0.15) is 72.1 Å². The second-order valence-electron chi connectivity index (χ2n) is 11.5. The molecule has 0 bridgehead atoms. The third-order valence-electron chi connectivity index (χ3n) is 10.6. The maximum absolute atomic E-state index is 6.33. The standard InChI is InChI=1S/C24H38O4/c1-16-14-17-15-23(25-10-11-26-23)9-8-21(17,2)18-4-6-22(3)19(20(16)18)5-7-24(22)27-12-13-28-24/h16-20H,4-15H2,1-3H3/t16-,17?,18-,19-,20+,21-,22-/m0/s1. The first-order valence-electron chi connectivity index (χ1n) is 12.0. The van der Waals surface area contributed by atoms with E-state index in [1.807, 2.05) is 0 Å². The van der Waals surface area contributed by atoms with Crippen LogP contribution in [-0.2, 0) is 18.9 Å². The Hall–Kier alpha value is -0.160. The normalized spacial score (nSPS) is 53.9. The Morgan fingerprint density at radius 3 is 2.18 bits per heavy atom. The molecule has 2 saturated heterocycles. The van der Waals surface area contributed by atoms with E-state index in [-0.39, 0.29) is 17.0 Å². The molecule has 0 amide bonds. The largest absolute Gasteiger partial charge is 0.348 e. The van der Waals surface area contributed by atoms with Crippen molar-refractivity contribution in [2.24, 2.45) is 40.4 Å². The van der Waals surface area contributed by atoms with Gasteiger partial charge in [0, 0.05) is 24.7 Å². The van der Waals surface area contributed by atoms with Crippen molar-refractivity contribution in [2.45, 2.75) is 83.7 Å². The molecule has 0 radical (unpaired) electrons. The number of rotatable bonds is 0. The molecular formula is C24H38O4. The van der Waals surface area contributed by atoms with E-state index in [2.05, 4.69) is 20.8 Å². The van der Waals surface area contributed by atoms with E-state index >= 15 is 0 Å². The van der Waals surface area contributed by atoms with Crippen LogP contribution in [0.3, 0.4) is 0 Å². The lowest BCUT2D eigenvalue weighted by molar-refractivity contribution is -0.263. The van der Waals surface area contributed by atoms with Crippen molar-refractivity contribution < 1.29 is 18.9 Å². The first-order valence-corrected chi connectivity index (χ1v) is 12.0. The minimum absolute atomic E-state index is 0.204. The maximum Gasteiger partial charge on any atom is 0.174 e. The lowest BCUT2D eigenvalue weighted by Gasteiger charge is -2.64. The Morgan fingerprint density at radius 2 is 1.43 bits per heavy atom. The van der Waals surface area contributed by atoms with Crippen LogP contribution in [0.4, 0.5) is 0 Å². The molecule has 2 heterocycles. The predicted molar refractivity (Wildman–Crippen MR) is 106 cm³/mol. The maximum atomic E-state index is 6.33. The number of fused-ring (bicyclic) bond motifs is 6. The van der Waals surface area contributed by atoms with Gasteiger partial charge in [-0.15, -0.1) is 0 Å². The van der Waals surface area contributed by atoms with Crippen molar-refractivity contribution in [3.8, 4) is 0 Å². The van der Waals surface area contributed by atoms with E-state index in [1.54, 1.807) is 0 Å². The fraction of sp³-hybridized carbons (Fsp3) is 1.00. The minimum atomic E-state index is -0.276. The first-order chi connectivity index (χ1) is 13.4. The van der Waals surface area contributed by atoms with Gasteiger partial charge in [-0.05, 0) is 67.1 Å². The zero-order valence-electron chi connectivity index (χ0n) is 18.0. The SMILES string of the molecule is C[C@H]1CC2CC3(CC[C@]2(C)[C@H]2CC[C@@]4(C)[C@@H](CCC45OCCO5)[C@H]12)OCCO3. The van der Waals surface area contributed by atoms with Crippen LogP contribution in [0.2, 0.25) is 0 Å². The van der Waals surface area contributed by atoms with Gasteiger partial charge in [-0.25, -0.2) is 0 Å². The van der Waals surface area contributed by atoms with E-state index in [0.717, 1.165) is 75.3 Å². The summed E-state index contributed by atoms with van der Waals surface area (Å²) >= 11 is 0. The third kappa shape index (κ3) is 2.22. The van der Waals surface area contributed by atoms with E-state index in [9.17, 15) is 0 Å². The number of hydrogen-bond donors (Lipinski definition) is 0. The van der Waals surface area contributed by atoms with E-state index in [4.69, 9.17) is 18.9 Å². The van der Waals surface area contributed by atoms with Crippen LogP contribution in [-0.4, -0.2) is 38.0 Å². The van der Waals surface area contributed by atoms with Gasteiger partial charge >= 0.3 is 0 Å². The average Bonchev–Trinajstić information content (AvgIpc) is 3.39. The summed E-state index contributed by atoms with van der Waals surface area (Å²) in [4.78, 5) is 0. The molecule has 1 unspecified atom stereocenters. The third-order valence-corrected chi connectivity index (χ3v) is 10.6. The Bertz CT molecular complexity index is 637. The van der Waals surface area contributed by atoms with Crippen molar-refractivity contribution in [1.82, 2.24) is 0 Å². The molecule has 4 heteroatoms. The second kappa shape index (κ2) is 5.96. The van der Waals surface area contributed by atoms with E-state index in [1.165, 1.54) is 32.1 Å². The first kappa shape index (κ1) is 18.6. The topological polar surface area (TPSA) is 36.9 Å². The van der Waals surface area contributed by atoms with Gasteiger partial charge in [0.05, 0.1) is 26.4 Å². The van der Waals surface area contributed by atoms with Gasteiger partial charge in [0.1, 0.15) is 0 Å². The molecule has 0 aromatic carbocycles. The summed E-state index contributed by atoms with van der Waals surface area (Å²) in [5, 5.41) is 0. The van der Waals surface area contributed by atoms with E-state index < -0.39 is 0 Å². The van der Waals surface area contributed by atoms with Crippen LogP contribution in [0.25, 0.3) is 0 Å². The van der Waals surface area contributed by atoms with Crippen LogP contribution < -0.4 is 0 Å². The number of ether oxygens (including phenoxy) is 4. The molecule has 28 heavy (non-hydrogen) atoms. The number of hydrogen-bond acceptors (Lipinski definition) is 4. The molecule has 2 spiro atoms. The fourth-order valence-electron chi connectivity index (χ4n) is 9.23. The van der Waals surface area contributed by atoms with Gasteiger partial charge in [-0.1, -0.05) is 20.8 Å². The quantitative estimate of drug-likeness (QED) is 0.597. The van der Waals surface area contributed by atoms with Crippen molar-refractivity contribution in [3.05, 3.63) is 0 Å². The lowest BCUT2D eigenvalue weighted by atomic mass is 9.42. The molecule has 6 aliphatic rings. The van der Waals surface area contributed by atoms with E-state index in [0.29, 0.717) is 5.41 Å². The zero-order valence-corrected chi connectivity index (χ0v) is 18.0. The summed E-state index contributed by atoms with van der Waals surface area (Å²) in [6, 6.07) is 0. The highest BCUT2D eigenvalue weighted by molar-refractivity contribution is 5.14. The summed E-state index contributed by atoms with van der Waals surface area (Å²) in [6.07, 6.45) is 9.84. The molecule has 0 aromatic rings. The zero-order chi connectivity index (χ0) is 19.2. The van der Waals surface area contributed by atoms with Crippen LogP contribution in [0, 0.1) is 40.4 Å². The molecule has 2 aliphatic heterocycles. The van der Waals surface area contributed by atoms with Crippen LogP contribution in [0.5, 0.6) is 0 Å². The van der Waals surface area contributed by atoms with Gasteiger partial charge in [0.15, 0.2) is 11.6 Å². The lowest BCUT2D eigenvalue weighted by Crippen LogP contribution is -2.60. The van der Waals surface area contributed by atoms with Crippen molar-refractivity contribution in [3.63, 3.8) is 0 Å². The Balaban J connectivity index is 1.31. The molecule has 0 aromatic heterocycles. The summed E-state index contributed by atoms with van der Waals surface area (Å²) in [5.41, 5.74) is 0.655. The molecule has 4 aliphatic carbocycles. The molecule has 0 N–H and O–H groups in total. The minimum Gasteiger partial charge on any atom is -0.348 e. The average molecular weight is 391 g/mol. The molecule has 4 nitrogen and oxygen atoms in total. The Labute approximate surface area is 170 Å². The van der Waals surface area contributed by atoms with Gasteiger partial charge in [0.2, 0.25) is 0 Å². The summed E-state index contributed by atoms with van der Waals surface area (Å²) < 4.78 is 24.9. The fourth-order valence-corrected chi connectivity index (χ4v) is 9.23. The summed E-state index contributed by atoms with van der Waals surface area (Å²) in [6.45, 7) is 10.8. The monoisotopic (exact) mass is 390 g/mol. The van der Waals surface area contributed by atoms with Gasteiger partial charge < -0.3 is 18.9 Å². The predicted octanol–water partition coefficient (Wildman–Crippen LogP) is 4.76. The molecular weight excluding hydrogens is 352 g/mol. The molecule has 4 saturated carbocycles. The van der Waals surface area contributed by atoms with Gasteiger partial charge in [-0.3, -0.25) is 0 Å². The van der Waals surface area contributed by atoms with Crippen molar-refractivity contribution >= 4 is 0 Å². The second-order valence-corrected chi connectivity index (χ2v) is 11.5. The molecule has 6 fully saturated rings. The summed E-state index contributed by atoms with van der Waals surface area (Å²) in [7, 11) is 0. The smallest absolute Gasteiger partial charge is 0.174 e. The van der Waals surface area contributed by atoms with Gasteiger partial charge in [0.25, 0.3) is 0 Å². The molecule has 7 atom stereocenters. The highest BCUT2D eigenvalue weighted by atomic mass is 16.7. The summed E-state index contributed by atoms with van der Waals surface area (Å²) in [5.74, 6) is 3.42. The molecule has 6 rings (SSSR count). The highest BCUT2D eigenvalue weighted by Crippen LogP contribution is 2.71. The van der Waals surface area contributed by atoms with Crippen LogP contribution in [0.15, 0.2) is 0 Å². The van der Waals surface area contributed by atoms with Crippen LogP contribution >= 0.6 is 0 Å². The van der Waals surface area contributed by atoms with Crippen molar-refractivity contribution in [1.29, 1.82) is 0 Å². The highest BCUT2D eigenvalue weighted by Gasteiger charge is 2.68. The van der Waals surface area contributed by atoms with Gasteiger partial charge in [-0.2, -0.15) is 0 Å². The molecule has 158 valence electrons. The van der Waals surface area contributed by atoms with Crippen molar-refractivity contribution in [2.75, 3.05) is 26.4 Å².